The molecular formula is C63H63ClF3N5O17. The lowest BCUT2D eigenvalue weighted by Gasteiger charge is -2.39. The molecule has 4 heterocycles. The minimum Gasteiger partial charge on any atom is -0.508 e. The zero-order valence-corrected chi connectivity index (χ0v) is 48.8. The molecule has 0 bridgehead atoms. The molecule has 5 aromatic carbocycles. The van der Waals surface area contributed by atoms with Gasteiger partial charge in [0.1, 0.15) is 65.3 Å². The van der Waals surface area contributed by atoms with E-state index in [0.29, 0.717) is 75.8 Å². The van der Waals surface area contributed by atoms with E-state index in [1.807, 2.05) is 50.2 Å². The fourth-order valence-corrected chi connectivity index (χ4v) is 10.9. The van der Waals surface area contributed by atoms with Crippen LogP contribution in [0.5, 0.6) is 17.2 Å². The van der Waals surface area contributed by atoms with Crippen LogP contribution >= 0.6 is 11.6 Å². The predicted octanol–water partition coefficient (Wildman–Crippen LogP) is 7.33. The van der Waals surface area contributed by atoms with Gasteiger partial charge in [0, 0.05) is 100 Å². The number of likely N-dealkylation sites (N-methyl/N-ethyl adjacent to an activating group) is 1. The van der Waals surface area contributed by atoms with Crippen LogP contribution in [0.15, 0.2) is 112 Å². The summed E-state index contributed by atoms with van der Waals surface area (Å²) >= 11 is 6.96. The fraction of sp³-hybridized carbons (Fsp3) is 0.333. The van der Waals surface area contributed by atoms with Gasteiger partial charge in [0.2, 0.25) is 12.2 Å². The van der Waals surface area contributed by atoms with Crippen LogP contribution in [0.1, 0.15) is 80.9 Å². The van der Waals surface area contributed by atoms with E-state index >= 15 is 0 Å². The van der Waals surface area contributed by atoms with Gasteiger partial charge in [0.15, 0.2) is 5.43 Å². The molecule has 0 spiro atoms. The van der Waals surface area contributed by atoms with Crippen LogP contribution in [-0.2, 0) is 20.9 Å². The molecule has 26 heteroatoms. The number of nitrogens with zero attached hydrogens (tertiary/aromatic N) is 2. The van der Waals surface area contributed by atoms with Crippen molar-refractivity contribution >= 4 is 79.6 Å². The number of carbonyl (C=O) groups excluding carboxylic acids is 3. The molecule has 4 aliphatic rings. The van der Waals surface area contributed by atoms with E-state index in [4.69, 9.17) is 40.1 Å². The number of aromatic amines is 1. The highest BCUT2D eigenvalue weighted by Crippen LogP contribution is 2.49. The molecule has 10 rings (SSSR count). The molecule has 7 atom stereocenters. The van der Waals surface area contributed by atoms with Crippen molar-refractivity contribution in [2.24, 2.45) is 0 Å². The first-order valence-corrected chi connectivity index (χ1v) is 28.6. The Balaban J connectivity index is 0.00000127. The Labute approximate surface area is 509 Å². The van der Waals surface area contributed by atoms with E-state index in [-0.39, 0.29) is 88.7 Å². The smallest absolute Gasteiger partial charge is 0.490 e. The van der Waals surface area contributed by atoms with Gasteiger partial charge in [-0.2, -0.15) is 13.2 Å². The molecule has 1 aliphatic carbocycles. The van der Waals surface area contributed by atoms with Crippen LogP contribution in [0, 0.1) is 0 Å². The number of H-pyrrole nitrogens is 1. The van der Waals surface area contributed by atoms with E-state index in [2.05, 4.69) is 15.6 Å². The van der Waals surface area contributed by atoms with Crippen molar-refractivity contribution in [1.29, 1.82) is 0 Å². The van der Waals surface area contributed by atoms with Crippen molar-refractivity contribution < 1.29 is 91.5 Å². The van der Waals surface area contributed by atoms with Gasteiger partial charge < -0.3 is 79.8 Å². The number of amides is 3. The van der Waals surface area contributed by atoms with Crippen molar-refractivity contribution in [3.05, 3.63) is 141 Å². The fourth-order valence-electron chi connectivity index (χ4n) is 10.7. The van der Waals surface area contributed by atoms with E-state index in [0.717, 1.165) is 23.0 Å². The number of aliphatic hydroxyl groups excluding tert-OH is 4. The first-order chi connectivity index (χ1) is 42.3. The van der Waals surface area contributed by atoms with Gasteiger partial charge in [-0.1, -0.05) is 24.6 Å². The van der Waals surface area contributed by atoms with Gasteiger partial charge in [-0.05, 0) is 123 Å². The number of phenolic OH excluding ortho intramolecular Hbond substituents is 1. The number of alkyl halides is 4. The highest BCUT2D eigenvalue weighted by atomic mass is 35.5. The average molecular weight is 1250 g/mol. The monoisotopic (exact) mass is 1250 g/mol. The number of aliphatic carboxylic acids is 1. The van der Waals surface area contributed by atoms with E-state index < -0.39 is 66.7 Å². The molecule has 89 heavy (non-hydrogen) atoms. The van der Waals surface area contributed by atoms with Gasteiger partial charge >= 0.3 is 18.1 Å². The number of hydrogen-bond acceptors (Lipinski definition) is 16. The number of phenols is 1. The molecule has 1 aromatic heterocycles. The number of carbonyl (C=O) groups is 5. The number of hydrogen-bond donors (Lipinski definition) is 10. The van der Waals surface area contributed by atoms with Gasteiger partial charge in [-0.15, -0.1) is 11.6 Å². The molecule has 0 saturated carbocycles. The van der Waals surface area contributed by atoms with Crippen molar-refractivity contribution in [3.63, 3.8) is 0 Å². The minimum absolute atomic E-state index is 0.0828. The van der Waals surface area contributed by atoms with Crippen LogP contribution in [0.2, 0.25) is 0 Å². The first kappa shape index (κ1) is 64.6. The summed E-state index contributed by atoms with van der Waals surface area (Å²) in [5, 5.41) is 77.6. The summed E-state index contributed by atoms with van der Waals surface area (Å²) < 4.78 is 55.7. The van der Waals surface area contributed by atoms with Crippen LogP contribution in [0.4, 0.5) is 18.9 Å². The van der Waals surface area contributed by atoms with Crippen LogP contribution in [-0.4, -0.2) is 164 Å². The summed E-state index contributed by atoms with van der Waals surface area (Å²) in [7, 11) is 3.92. The zero-order valence-electron chi connectivity index (χ0n) is 48.0. The number of aliphatic hydroxyl groups is 4. The number of halogens is 4. The maximum absolute atomic E-state index is 14.7. The molecule has 0 radical (unpaired) electrons. The van der Waals surface area contributed by atoms with Crippen molar-refractivity contribution in [2.45, 2.75) is 87.3 Å². The summed E-state index contributed by atoms with van der Waals surface area (Å²) in [4.78, 5) is 82.0. The second kappa shape index (κ2) is 27.3. The number of carboxylic acid groups (broad SMARTS) is 2. The molecule has 0 unspecified atom stereocenters. The molecule has 1 fully saturated rings. The highest BCUT2D eigenvalue weighted by molar-refractivity contribution is 6.22. The summed E-state index contributed by atoms with van der Waals surface area (Å²) in [6, 6.07) is 27.3. The number of fused-ring (bicyclic) bond motifs is 6. The first-order valence-electron chi connectivity index (χ1n) is 28.2. The molecule has 10 N–H and O–H groups in total. The number of benzene rings is 6. The number of unbranched alkanes of at least 4 members (excludes halogenated alkanes) is 2. The summed E-state index contributed by atoms with van der Waals surface area (Å²) in [5.41, 5.74) is 4.04. The van der Waals surface area contributed by atoms with Crippen molar-refractivity contribution in [1.82, 2.24) is 20.5 Å². The zero-order chi connectivity index (χ0) is 64.2. The summed E-state index contributed by atoms with van der Waals surface area (Å²) in [6.45, 7) is 2.95. The van der Waals surface area contributed by atoms with Crippen LogP contribution < -0.4 is 30.4 Å². The Morgan fingerprint density at radius 1 is 0.843 bits per heavy atom. The van der Waals surface area contributed by atoms with E-state index in [1.165, 1.54) is 42.5 Å². The Hall–Kier alpha value is -8.82. The maximum atomic E-state index is 14.7. The third-order valence-corrected chi connectivity index (χ3v) is 15.6. The van der Waals surface area contributed by atoms with Gasteiger partial charge in [0.05, 0.1) is 17.9 Å². The van der Waals surface area contributed by atoms with Crippen molar-refractivity contribution in [3.8, 4) is 39.7 Å². The third-order valence-electron chi connectivity index (χ3n) is 15.3. The largest absolute Gasteiger partial charge is 0.508 e. The van der Waals surface area contributed by atoms with Crippen molar-refractivity contribution in [2.75, 3.05) is 51.8 Å². The van der Waals surface area contributed by atoms with Gasteiger partial charge in [0.25, 0.3) is 11.8 Å². The second-order valence-electron chi connectivity index (χ2n) is 21.8. The maximum Gasteiger partial charge on any atom is 0.490 e. The molecule has 22 nitrogen and oxygen atoms in total. The van der Waals surface area contributed by atoms with Crippen LogP contribution in [0.3, 0.4) is 0 Å². The molecule has 470 valence electrons. The molecular weight excluding hydrogens is 1190 g/mol. The lowest BCUT2D eigenvalue weighted by atomic mass is 9.90. The number of rotatable bonds is 20. The Morgan fingerprint density at radius 3 is 2.29 bits per heavy atom. The lowest BCUT2D eigenvalue weighted by Crippen LogP contribution is -2.60. The standard InChI is InChI=1S/C61H62ClN5O15.C2HF3O2/c1-31(62)44-29-67(59(76)46-24-34-22-37(12-17-45(34)65-46)79-20-19-66(2)3)47-27-50(81-61-57(74)56(73)55(72)51(30-68)82-61)38-13-8-32(21-42(38)54(44)47)28-64-52(71)7-5-4-6-18-63-58(75)33-9-14-39(43(23-33)60(77)78)53-40-15-10-35(69)25-48(40)80-49-26-36(70)11-16-41(49)53;3-2(4,5)1(6)7/h8-17,21-27,31,44,51,55-57,61,65,68-69,72-74H,4-7,18-20,28-30H2,1-3H3,(H,63,75)(H,64,71)(H,77,78);(H,6,7)/t31-,44+,51-,55+,56+,57-,61-;/m1./s1. The number of aromatic nitrogens is 1. The number of nitrogens with one attached hydrogen (secondary N) is 3. The average Bonchev–Trinajstić information content (AvgIpc) is 1.87. The normalized spacial score (nSPS) is 18.6. The highest BCUT2D eigenvalue weighted by Gasteiger charge is 2.46. The van der Waals surface area contributed by atoms with E-state index in [1.54, 1.807) is 41.3 Å². The van der Waals surface area contributed by atoms with Gasteiger partial charge in [-0.3, -0.25) is 19.2 Å². The number of aromatic carboxylic acids is 1. The topological polar surface area (TPSA) is 331 Å². The number of carboxylic acids is 2. The molecule has 3 amide bonds. The van der Waals surface area contributed by atoms with Crippen LogP contribution in [0.25, 0.3) is 55.1 Å². The summed E-state index contributed by atoms with van der Waals surface area (Å²) in [5.74, 6) is -4.55. The Bertz CT molecular complexity index is 4000. The minimum atomic E-state index is -5.08. The molecule has 6 aromatic rings. The predicted molar refractivity (Wildman–Crippen MR) is 320 cm³/mol. The summed E-state index contributed by atoms with van der Waals surface area (Å²) in [6.07, 6.45) is -11.1. The lowest BCUT2D eigenvalue weighted by molar-refractivity contribution is -0.277. The van der Waals surface area contributed by atoms with E-state index in [9.17, 15) is 67.8 Å². The number of anilines is 1. The Morgan fingerprint density at radius 2 is 1.58 bits per heavy atom. The molecule has 1 saturated heterocycles. The number of ether oxygens (including phenoxy) is 3. The SMILES string of the molecule is C[C@@H](Cl)[C@@H]1CN(C(=O)c2cc3cc(OCCN(C)C)ccc3[nH]2)c2cc(O[C@@H]3O[C@H](CO)[C@H](O)[C@H](O)[C@H]3O)c3ccc(CNC(=O)CCCCCNC(=O)c4ccc(-c5c6ccc(=O)cc-6oc6cc(O)ccc56)c(C(=O)O)c4)cc3c21.O=C(O)C(F)(F)F. The van der Waals surface area contributed by atoms with Gasteiger partial charge in [-0.25, -0.2) is 9.59 Å². The molecule has 3 aliphatic heterocycles. The second-order valence-corrected chi connectivity index (χ2v) is 22.5. The third kappa shape index (κ3) is 14.5. The number of aromatic hydroxyl groups is 1. The Kier molecular flexibility index (Phi) is 19.8. The quantitative estimate of drug-likeness (QED) is 0.0203.